The Bertz CT molecular complexity index is 1100. The van der Waals surface area contributed by atoms with Gasteiger partial charge in [0.15, 0.2) is 17.3 Å². The van der Waals surface area contributed by atoms with Gasteiger partial charge in [0.05, 0.1) is 0 Å². The Kier molecular flexibility index (Phi) is 4.41. The van der Waals surface area contributed by atoms with Crippen LogP contribution in [-0.4, -0.2) is 31.1 Å². The second-order valence-corrected chi connectivity index (χ2v) is 8.14. The van der Waals surface area contributed by atoms with Gasteiger partial charge >= 0.3 is 0 Å². The molecule has 29 heavy (non-hydrogen) atoms. The smallest absolute Gasteiger partial charge is 0.258 e. The van der Waals surface area contributed by atoms with E-state index in [4.69, 9.17) is 9.26 Å². The van der Waals surface area contributed by atoms with Crippen molar-refractivity contribution in [3.63, 3.8) is 0 Å². The highest BCUT2D eigenvalue weighted by molar-refractivity contribution is 5.61. The summed E-state index contributed by atoms with van der Waals surface area (Å²) in [5.41, 5.74) is 3.71. The van der Waals surface area contributed by atoms with Crippen LogP contribution in [0, 0.1) is 13.8 Å². The van der Waals surface area contributed by atoms with Crippen molar-refractivity contribution in [1.29, 1.82) is 0 Å². The van der Waals surface area contributed by atoms with Crippen LogP contribution in [0.25, 0.3) is 11.5 Å². The lowest BCUT2D eigenvalue weighted by atomic mass is 9.86. The SMILES string of the molecule is Cc1c(C)c2c(c(Cc3noc(-c4ccc(O)c(O)c4)n3)c1O)CCC(C)(C)O2. The average molecular weight is 396 g/mol. The van der Waals surface area contributed by atoms with Crippen LogP contribution < -0.4 is 4.74 Å². The quantitative estimate of drug-likeness (QED) is 0.570. The first-order valence-corrected chi connectivity index (χ1v) is 9.54. The number of aromatic nitrogens is 2. The van der Waals surface area contributed by atoms with Crippen LogP contribution in [-0.2, 0) is 12.8 Å². The number of ether oxygens (including phenoxy) is 1. The van der Waals surface area contributed by atoms with E-state index in [0.717, 1.165) is 40.8 Å². The molecule has 4 rings (SSSR count). The van der Waals surface area contributed by atoms with Crippen molar-refractivity contribution >= 4 is 0 Å². The molecule has 0 aliphatic carbocycles. The molecule has 2 heterocycles. The Balaban J connectivity index is 1.71. The second kappa shape index (κ2) is 6.69. The summed E-state index contributed by atoms with van der Waals surface area (Å²) >= 11 is 0. The summed E-state index contributed by atoms with van der Waals surface area (Å²) < 4.78 is 11.6. The largest absolute Gasteiger partial charge is 0.507 e. The number of nitrogens with zero attached hydrogens (tertiary/aromatic N) is 2. The standard InChI is InChI=1S/C22H24N2O5/c1-11-12(2)20-14(7-8-22(3,4)28-20)15(19(11)27)10-18-23-21(29-24-18)13-5-6-16(25)17(26)9-13/h5-6,9,25-27H,7-8,10H2,1-4H3. The van der Waals surface area contributed by atoms with Crippen molar-refractivity contribution in [2.24, 2.45) is 0 Å². The Morgan fingerprint density at radius 1 is 1.07 bits per heavy atom. The van der Waals surface area contributed by atoms with Gasteiger partial charge in [-0.25, -0.2) is 0 Å². The summed E-state index contributed by atoms with van der Waals surface area (Å²) in [7, 11) is 0. The molecule has 7 heteroatoms. The predicted octanol–water partition coefficient (Wildman–Crippen LogP) is 4.16. The number of rotatable bonds is 3. The van der Waals surface area contributed by atoms with Crippen LogP contribution in [0.3, 0.4) is 0 Å². The van der Waals surface area contributed by atoms with Crippen LogP contribution in [0.1, 0.15) is 48.3 Å². The van der Waals surface area contributed by atoms with Crippen molar-refractivity contribution in [1.82, 2.24) is 10.1 Å². The van der Waals surface area contributed by atoms with E-state index in [-0.39, 0.29) is 28.7 Å². The lowest BCUT2D eigenvalue weighted by molar-refractivity contribution is 0.0830. The number of aromatic hydroxyl groups is 3. The molecule has 0 unspecified atom stereocenters. The van der Waals surface area contributed by atoms with E-state index in [2.05, 4.69) is 24.0 Å². The zero-order valence-electron chi connectivity index (χ0n) is 16.9. The minimum Gasteiger partial charge on any atom is -0.507 e. The molecule has 152 valence electrons. The minimum atomic E-state index is -0.261. The molecular formula is C22H24N2O5. The molecule has 1 aliphatic heterocycles. The number of hydrogen-bond acceptors (Lipinski definition) is 7. The van der Waals surface area contributed by atoms with Gasteiger partial charge in [0, 0.05) is 23.1 Å². The fourth-order valence-electron chi connectivity index (χ4n) is 3.68. The van der Waals surface area contributed by atoms with E-state index in [9.17, 15) is 15.3 Å². The van der Waals surface area contributed by atoms with E-state index >= 15 is 0 Å². The molecule has 2 aromatic carbocycles. The van der Waals surface area contributed by atoms with Gasteiger partial charge in [-0.2, -0.15) is 4.98 Å². The maximum atomic E-state index is 10.8. The monoisotopic (exact) mass is 396 g/mol. The maximum Gasteiger partial charge on any atom is 0.258 e. The zero-order chi connectivity index (χ0) is 20.9. The third kappa shape index (κ3) is 3.37. The molecule has 0 amide bonds. The van der Waals surface area contributed by atoms with Gasteiger partial charge < -0.3 is 24.6 Å². The number of hydrogen-bond donors (Lipinski definition) is 3. The predicted molar refractivity (Wildman–Crippen MR) is 106 cm³/mol. The summed E-state index contributed by atoms with van der Waals surface area (Å²) in [4.78, 5) is 4.39. The van der Waals surface area contributed by atoms with Crippen LogP contribution in [0.4, 0.5) is 0 Å². The van der Waals surface area contributed by atoms with Crippen LogP contribution in [0.5, 0.6) is 23.0 Å². The van der Waals surface area contributed by atoms with E-state index in [0.29, 0.717) is 17.8 Å². The Labute approximate surface area is 168 Å². The lowest BCUT2D eigenvalue weighted by Gasteiger charge is -2.35. The third-order valence-corrected chi connectivity index (χ3v) is 5.56. The highest BCUT2D eigenvalue weighted by Crippen LogP contribution is 2.44. The molecule has 1 aliphatic rings. The summed E-state index contributed by atoms with van der Waals surface area (Å²) in [6.07, 6.45) is 1.94. The number of fused-ring (bicyclic) bond motifs is 1. The van der Waals surface area contributed by atoms with Gasteiger partial charge in [0.1, 0.15) is 17.1 Å². The number of benzene rings is 2. The molecule has 3 aromatic rings. The van der Waals surface area contributed by atoms with E-state index in [1.165, 1.54) is 12.1 Å². The Morgan fingerprint density at radius 3 is 2.55 bits per heavy atom. The summed E-state index contributed by atoms with van der Waals surface area (Å²) in [6, 6.07) is 4.30. The maximum absolute atomic E-state index is 10.8. The van der Waals surface area contributed by atoms with Crippen molar-refractivity contribution in [2.75, 3.05) is 0 Å². The molecule has 0 radical (unpaired) electrons. The molecule has 0 fully saturated rings. The molecule has 0 saturated heterocycles. The number of phenolic OH excluding ortho intramolecular Hbond substituents is 3. The van der Waals surface area contributed by atoms with Gasteiger partial charge in [-0.3, -0.25) is 0 Å². The van der Waals surface area contributed by atoms with Crippen LogP contribution in [0.2, 0.25) is 0 Å². The van der Waals surface area contributed by atoms with E-state index in [1.807, 2.05) is 13.8 Å². The lowest BCUT2D eigenvalue weighted by Crippen LogP contribution is -2.33. The van der Waals surface area contributed by atoms with E-state index in [1.54, 1.807) is 6.07 Å². The fraction of sp³-hybridized carbons (Fsp3) is 0.364. The van der Waals surface area contributed by atoms with Gasteiger partial charge in [-0.1, -0.05) is 5.16 Å². The first kappa shape index (κ1) is 19.1. The third-order valence-electron chi connectivity index (χ3n) is 5.56. The van der Waals surface area contributed by atoms with Crippen molar-refractivity contribution < 1.29 is 24.6 Å². The molecule has 0 bridgehead atoms. The van der Waals surface area contributed by atoms with Crippen molar-refractivity contribution in [3.8, 4) is 34.5 Å². The normalized spacial score (nSPS) is 15.0. The molecule has 0 saturated carbocycles. The first-order chi connectivity index (χ1) is 13.7. The van der Waals surface area contributed by atoms with Crippen LogP contribution in [0.15, 0.2) is 22.7 Å². The highest BCUT2D eigenvalue weighted by Gasteiger charge is 2.32. The molecule has 1 aromatic heterocycles. The van der Waals surface area contributed by atoms with Gasteiger partial charge in [0.25, 0.3) is 5.89 Å². The average Bonchev–Trinajstić information content (AvgIpc) is 3.14. The minimum absolute atomic E-state index is 0.219. The first-order valence-electron chi connectivity index (χ1n) is 9.54. The van der Waals surface area contributed by atoms with Gasteiger partial charge in [-0.05, 0) is 69.9 Å². The van der Waals surface area contributed by atoms with Gasteiger partial charge in [-0.15, -0.1) is 0 Å². The van der Waals surface area contributed by atoms with Crippen molar-refractivity contribution in [3.05, 3.63) is 46.3 Å². The second-order valence-electron chi connectivity index (χ2n) is 8.14. The zero-order valence-corrected chi connectivity index (χ0v) is 16.9. The molecule has 0 atom stereocenters. The summed E-state index contributed by atoms with van der Waals surface area (Å²) in [6.45, 7) is 7.97. The molecule has 0 spiro atoms. The Hall–Kier alpha value is -3.22. The number of phenols is 3. The summed E-state index contributed by atoms with van der Waals surface area (Å²) in [5, 5.41) is 34.0. The van der Waals surface area contributed by atoms with E-state index < -0.39 is 0 Å². The van der Waals surface area contributed by atoms with Crippen molar-refractivity contribution in [2.45, 2.75) is 52.6 Å². The van der Waals surface area contributed by atoms with Crippen LogP contribution >= 0.6 is 0 Å². The molecule has 3 N–H and O–H groups in total. The highest BCUT2D eigenvalue weighted by atomic mass is 16.5. The molecular weight excluding hydrogens is 372 g/mol. The molecule has 7 nitrogen and oxygen atoms in total. The topological polar surface area (TPSA) is 109 Å². The fourth-order valence-corrected chi connectivity index (χ4v) is 3.68. The Morgan fingerprint density at radius 2 is 1.83 bits per heavy atom. The van der Waals surface area contributed by atoms with Gasteiger partial charge in [0.2, 0.25) is 0 Å². The summed E-state index contributed by atoms with van der Waals surface area (Å²) in [5.74, 6) is 1.23.